The lowest BCUT2D eigenvalue weighted by atomic mass is 9.44. The van der Waals surface area contributed by atoms with Crippen molar-refractivity contribution in [3.8, 4) is 0 Å². The zero-order valence-corrected chi connectivity index (χ0v) is 22.3. The van der Waals surface area contributed by atoms with Crippen molar-refractivity contribution in [2.45, 2.75) is 104 Å². The van der Waals surface area contributed by atoms with E-state index in [4.69, 9.17) is 0 Å². The van der Waals surface area contributed by atoms with Crippen molar-refractivity contribution < 1.29 is 45.9 Å². The van der Waals surface area contributed by atoms with Crippen LogP contribution in [0.4, 0.5) is 22.0 Å². The lowest BCUT2D eigenvalue weighted by molar-refractivity contribution is -0.273. The Hall–Kier alpha value is -1.87. The molecule has 4 aliphatic carbocycles. The first kappa shape index (κ1) is 29.1. The minimum Gasteiger partial charge on any atom is -0.446 e. The van der Waals surface area contributed by atoms with Gasteiger partial charge in [-0.05, 0) is 60.7 Å². The minimum absolute atomic E-state index is 0.0344. The Kier molecular flexibility index (Phi) is 7.39. The number of Topliss-reactive ketones (excluding diaryl/α,β-unsaturated/α-hetero) is 3. The fraction of sp³-hybridized carbons (Fsp3) is 0.857. The second-order valence-corrected chi connectivity index (χ2v) is 12.8. The third-order valence-corrected chi connectivity index (χ3v) is 10.7. The first-order valence-electron chi connectivity index (χ1n) is 13.6. The van der Waals surface area contributed by atoms with E-state index in [0.29, 0.717) is 38.5 Å². The van der Waals surface area contributed by atoms with Crippen LogP contribution >= 0.6 is 0 Å². The second-order valence-electron chi connectivity index (χ2n) is 12.8. The second kappa shape index (κ2) is 9.65. The quantitative estimate of drug-likeness (QED) is 0.295. The Morgan fingerprint density at radius 2 is 1.68 bits per heavy atom. The van der Waals surface area contributed by atoms with Gasteiger partial charge in [0.05, 0.1) is 0 Å². The van der Waals surface area contributed by atoms with Crippen LogP contribution in [0.2, 0.25) is 0 Å². The largest absolute Gasteiger partial charge is 0.446 e. The number of rotatable bonds is 6. The van der Waals surface area contributed by atoms with Crippen molar-refractivity contribution in [2.75, 3.05) is 0 Å². The Labute approximate surface area is 219 Å². The molecule has 10 heteroatoms. The summed E-state index contributed by atoms with van der Waals surface area (Å²) in [5, 5.41) is 0. The third-order valence-electron chi connectivity index (χ3n) is 10.7. The van der Waals surface area contributed by atoms with Crippen molar-refractivity contribution in [1.82, 2.24) is 0 Å². The summed E-state index contributed by atoms with van der Waals surface area (Å²) >= 11 is 0. The molecular weight excluding hydrogens is 511 g/mol. The maximum atomic E-state index is 13.8. The highest BCUT2D eigenvalue weighted by Gasteiger charge is 2.66. The molecule has 214 valence electrons. The molecule has 4 fully saturated rings. The van der Waals surface area contributed by atoms with Crippen molar-refractivity contribution in [3.63, 3.8) is 0 Å². The van der Waals surface area contributed by atoms with E-state index in [9.17, 15) is 41.1 Å². The summed E-state index contributed by atoms with van der Waals surface area (Å²) in [4.78, 5) is 51.5. The number of alkyl halides is 5. The van der Waals surface area contributed by atoms with Gasteiger partial charge in [0.2, 0.25) is 0 Å². The highest BCUT2D eigenvalue weighted by atomic mass is 19.4. The van der Waals surface area contributed by atoms with E-state index in [1.54, 1.807) is 0 Å². The number of hydrogen-bond donors (Lipinski definition) is 0. The summed E-state index contributed by atoms with van der Waals surface area (Å²) in [5.41, 5.74) is -1.05. The molecule has 0 radical (unpaired) electrons. The summed E-state index contributed by atoms with van der Waals surface area (Å²) < 4.78 is 69.9. The topological polar surface area (TPSA) is 77.5 Å². The van der Waals surface area contributed by atoms with Crippen LogP contribution in [0.1, 0.15) is 85.5 Å². The summed E-state index contributed by atoms with van der Waals surface area (Å²) in [6.45, 7) is 5.88. The molecule has 3 unspecified atom stereocenters. The van der Waals surface area contributed by atoms with Crippen molar-refractivity contribution in [1.29, 1.82) is 0 Å². The van der Waals surface area contributed by atoms with Gasteiger partial charge in [-0.1, -0.05) is 20.8 Å². The number of esters is 1. The number of ketones is 3. The van der Waals surface area contributed by atoms with Crippen LogP contribution in [0.3, 0.4) is 0 Å². The fourth-order valence-electron chi connectivity index (χ4n) is 8.58. The molecule has 4 saturated carbocycles. The van der Waals surface area contributed by atoms with Crippen molar-refractivity contribution in [2.24, 2.45) is 46.3 Å². The molecule has 0 aromatic heterocycles. The van der Waals surface area contributed by atoms with Gasteiger partial charge in [0.1, 0.15) is 17.3 Å². The molecule has 4 rings (SSSR count). The first-order chi connectivity index (χ1) is 17.4. The standard InChI is InChI=1S/C28H37F5O5/c1-14(5-8-22(37)38-24(27(4,29)30)28(31,32)33)17-6-7-18-23-19(13-21(36)26(17,18)3)25(2)10-9-16(34)11-15(25)12-20(23)35/h14-15,17-19,23-24H,5-13H2,1-4H3/t14?,15-,17+,18-,19?,23-,24?,25-,26+/m0/s1. The number of ether oxygens (including phenoxy) is 1. The van der Waals surface area contributed by atoms with Crippen molar-refractivity contribution in [3.05, 3.63) is 0 Å². The molecule has 0 N–H and O–H groups in total. The summed E-state index contributed by atoms with van der Waals surface area (Å²) in [6, 6.07) is 0. The molecule has 0 amide bonds. The fourth-order valence-corrected chi connectivity index (χ4v) is 8.58. The lowest BCUT2D eigenvalue weighted by Gasteiger charge is -2.58. The van der Waals surface area contributed by atoms with Crippen molar-refractivity contribution >= 4 is 23.3 Å². The Balaban J connectivity index is 1.47. The number of carbonyl (C=O) groups excluding carboxylic acids is 4. The Bertz CT molecular complexity index is 989. The van der Waals surface area contributed by atoms with Gasteiger partial charge < -0.3 is 4.74 Å². The Morgan fingerprint density at radius 3 is 2.29 bits per heavy atom. The lowest BCUT2D eigenvalue weighted by Crippen LogP contribution is -2.60. The van der Waals surface area contributed by atoms with Gasteiger partial charge in [0.15, 0.2) is 0 Å². The molecule has 0 heterocycles. The SMILES string of the molecule is CC(CCC(=O)OC(C(C)(F)F)C(F)(F)F)[C@H]1CC[C@H]2[C@@H]3C(=O)C[C@@H]4CC(=O)CC[C@]4(C)C3CC(=O)[C@]12C. The average Bonchev–Trinajstić information content (AvgIpc) is 3.14. The average molecular weight is 549 g/mol. The smallest absolute Gasteiger partial charge is 0.431 e. The summed E-state index contributed by atoms with van der Waals surface area (Å²) in [6.07, 6.45) is -5.87. The monoisotopic (exact) mass is 548 g/mol. The van der Waals surface area contributed by atoms with E-state index in [1.807, 2.05) is 13.8 Å². The maximum absolute atomic E-state index is 13.8. The summed E-state index contributed by atoms with van der Waals surface area (Å²) in [5.74, 6) is -6.31. The molecule has 9 atom stereocenters. The molecule has 0 bridgehead atoms. The van der Waals surface area contributed by atoms with Crippen LogP contribution in [0.15, 0.2) is 0 Å². The molecule has 0 aromatic carbocycles. The number of hydrogen-bond acceptors (Lipinski definition) is 5. The molecule has 0 spiro atoms. The van der Waals surface area contributed by atoms with E-state index in [1.165, 1.54) is 0 Å². The molecule has 5 nitrogen and oxygen atoms in total. The van der Waals surface area contributed by atoms with Crippen LogP contribution in [0, 0.1) is 46.3 Å². The molecular formula is C28H37F5O5. The van der Waals surface area contributed by atoms with Crippen LogP contribution in [0.5, 0.6) is 0 Å². The minimum atomic E-state index is -5.40. The zero-order valence-electron chi connectivity index (χ0n) is 22.3. The number of fused-ring (bicyclic) bond motifs is 5. The van der Waals surface area contributed by atoms with E-state index in [2.05, 4.69) is 11.7 Å². The predicted octanol–water partition coefficient (Wildman–Crippen LogP) is 6.12. The maximum Gasteiger partial charge on any atom is 0.431 e. The van der Waals surface area contributed by atoms with Gasteiger partial charge >= 0.3 is 12.1 Å². The predicted molar refractivity (Wildman–Crippen MR) is 126 cm³/mol. The Morgan fingerprint density at radius 1 is 1.03 bits per heavy atom. The summed E-state index contributed by atoms with van der Waals surface area (Å²) in [7, 11) is 0. The van der Waals surface area contributed by atoms with E-state index in [0.717, 1.165) is 0 Å². The van der Waals surface area contributed by atoms with Gasteiger partial charge in [-0.3, -0.25) is 19.2 Å². The van der Waals surface area contributed by atoms with Crippen LogP contribution in [-0.2, 0) is 23.9 Å². The molecule has 0 aliphatic heterocycles. The highest BCUT2D eigenvalue weighted by molar-refractivity contribution is 5.93. The normalized spacial score (nSPS) is 39.2. The van der Waals surface area contributed by atoms with E-state index >= 15 is 0 Å². The van der Waals surface area contributed by atoms with Crippen LogP contribution < -0.4 is 0 Å². The van der Waals surface area contributed by atoms with Crippen LogP contribution in [-0.4, -0.2) is 41.5 Å². The molecule has 38 heavy (non-hydrogen) atoms. The molecule has 4 aliphatic rings. The molecule has 0 aromatic rings. The molecule has 0 saturated heterocycles. The van der Waals surface area contributed by atoms with Gasteiger partial charge in [-0.15, -0.1) is 0 Å². The van der Waals surface area contributed by atoms with Crippen LogP contribution in [0.25, 0.3) is 0 Å². The first-order valence-corrected chi connectivity index (χ1v) is 13.6. The van der Waals surface area contributed by atoms with E-state index in [-0.39, 0.29) is 78.0 Å². The number of halogens is 5. The zero-order chi connectivity index (χ0) is 28.4. The number of carbonyl (C=O) groups is 4. The van der Waals surface area contributed by atoms with Gasteiger partial charge in [-0.2, -0.15) is 13.2 Å². The van der Waals surface area contributed by atoms with E-state index < -0.39 is 36.0 Å². The highest BCUT2D eigenvalue weighted by Crippen LogP contribution is 2.66. The van der Waals surface area contributed by atoms with Gasteiger partial charge in [0, 0.05) is 50.4 Å². The van der Waals surface area contributed by atoms with Gasteiger partial charge in [-0.25, -0.2) is 8.78 Å². The van der Waals surface area contributed by atoms with Gasteiger partial charge in [0.25, 0.3) is 12.0 Å². The third kappa shape index (κ3) is 4.82.